The van der Waals surface area contributed by atoms with Crippen molar-refractivity contribution in [1.82, 2.24) is 24.4 Å². The number of aromatic nitrogens is 5. The van der Waals surface area contributed by atoms with Gasteiger partial charge in [-0.3, -0.25) is 4.79 Å². The van der Waals surface area contributed by atoms with E-state index >= 15 is 0 Å². The zero-order valence-electron chi connectivity index (χ0n) is 14.0. The first kappa shape index (κ1) is 15.5. The van der Waals surface area contributed by atoms with Crippen LogP contribution in [0.1, 0.15) is 16.8 Å². The van der Waals surface area contributed by atoms with Gasteiger partial charge in [0.2, 0.25) is 10.1 Å². The predicted molar refractivity (Wildman–Crippen MR) is 98.2 cm³/mol. The van der Waals surface area contributed by atoms with Gasteiger partial charge in [-0.15, -0.1) is 5.10 Å². The van der Waals surface area contributed by atoms with E-state index in [-0.39, 0.29) is 5.56 Å². The summed E-state index contributed by atoms with van der Waals surface area (Å²) >= 11 is 1.32. The summed E-state index contributed by atoms with van der Waals surface area (Å²) in [6.45, 7) is 6.12. The molecule has 0 amide bonds. The van der Waals surface area contributed by atoms with Crippen LogP contribution in [-0.2, 0) is 0 Å². The summed E-state index contributed by atoms with van der Waals surface area (Å²) in [6.07, 6.45) is 3.25. The van der Waals surface area contributed by atoms with E-state index in [2.05, 4.69) is 52.5 Å². The van der Waals surface area contributed by atoms with Gasteiger partial charge in [-0.05, 0) is 38.0 Å². The summed E-state index contributed by atoms with van der Waals surface area (Å²) in [4.78, 5) is 16.5. The first-order chi connectivity index (χ1) is 12.0. The number of hydrogen-bond acceptors (Lipinski definition) is 6. The van der Waals surface area contributed by atoms with Crippen molar-refractivity contribution in [1.29, 1.82) is 0 Å². The zero-order valence-corrected chi connectivity index (χ0v) is 14.8. The minimum Gasteiger partial charge on any atom is -0.327 e. The van der Waals surface area contributed by atoms with Gasteiger partial charge in [-0.1, -0.05) is 23.5 Å². The Kier molecular flexibility index (Phi) is 3.61. The van der Waals surface area contributed by atoms with Crippen molar-refractivity contribution in [2.24, 2.45) is 0 Å². The summed E-state index contributed by atoms with van der Waals surface area (Å²) in [5, 5.41) is 12.6. The van der Waals surface area contributed by atoms with Crippen LogP contribution in [0.4, 0.5) is 10.8 Å². The van der Waals surface area contributed by atoms with E-state index in [1.165, 1.54) is 33.7 Å². The molecule has 0 fully saturated rings. The second kappa shape index (κ2) is 5.82. The van der Waals surface area contributed by atoms with Crippen LogP contribution >= 0.6 is 11.3 Å². The summed E-state index contributed by atoms with van der Waals surface area (Å²) in [6, 6.07) is 7.67. The number of anilines is 2. The van der Waals surface area contributed by atoms with Gasteiger partial charge in [0.05, 0.1) is 23.3 Å². The van der Waals surface area contributed by atoms with Gasteiger partial charge in [-0.2, -0.15) is 9.61 Å². The maximum Gasteiger partial charge on any atom is 0.275 e. The van der Waals surface area contributed by atoms with Crippen LogP contribution in [0.15, 0.2) is 41.5 Å². The Morgan fingerprint density at radius 3 is 2.80 bits per heavy atom. The average molecular weight is 352 g/mol. The normalized spacial score (nSPS) is 11.2. The fraction of sp³-hybridized carbons (Fsp3) is 0.176. The molecule has 8 heteroatoms. The first-order valence-electron chi connectivity index (χ1n) is 7.77. The Hall–Kier alpha value is -3.00. The van der Waals surface area contributed by atoms with Crippen molar-refractivity contribution >= 4 is 27.1 Å². The summed E-state index contributed by atoms with van der Waals surface area (Å²) in [7, 11) is 0. The molecule has 7 nitrogen and oxygen atoms in total. The molecule has 0 saturated heterocycles. The molecule has 0 saturated carbocycles. The molecule has 0 aliphatic carbocycles. The first-order valence-corrected chi connectivity index (χ1v) is 8.59. The molecule has 0 aliphatic heterocycles. The number of nitrogens with zero attached hydrogens (tertiary/aromatic N) is 5. The molecule has 126 valence electrons. The van der Waals surface area contributed by atoms with E-state index in [9.17, 15) is 4.79 Å². The Morgan fingerprint density at radius 1 is 1.16 bits per heavy atom. The lowest BCUT2D eigenvalue weighted by Gasteiger charge is -2.10. The third-order valence-corrected chi connectivity index (χ3v) is 4.85. The minimum atomic E-state index is -0.197. The van der Waals surface area contributed by atoms with E-state index in [0.29, 0.717) is 10.1 Å². The van der Waals surface area contributed by atoms with Crippen molar-refractivity contribution in [3.63, 3.8) is 0 Å². The molecular weight excluding hydrogens is 336 g/mol. The zero-order chi connectivity index (χ0) is 17.6. The third kappa shape index (κ3) is 2.70. The maximum absolute atomic E-state index is 11.8. The van der Waals surface area contributed by atoms with Crippen LogP contribution in [0.25, 0.3) is 10.6 Å². The molecule has 0 atom stereocenters. The van der Waals surface area contributed by atoms with Crippen LogP contribution < -0.4 is 10.9 Å². The summed E-state index contributed by atoms with van der Waals surface area (Å²) in [5.74, 6) is 0. The van der Waals surface area contributed by atoms with E-state index in [1.54, 1.807) is 6.20 Å². The largest absolute Gasteiger partial charge is 0.327 e. The molecule has 1 aromatic carbocycles. The highest BCUT2D eigenvalue weighted by molar-refractivity contribution is 7.20. The molecule has 4 rings (SSSR count). The van der Waals surface area contributed by atoms with Crippen molar-refractivity contribution in [2.75, 3.05) is 5.32 Å². The molecular formula is C17H16N6OS. The topological polar surface area (TPSA) is 77.1 Å². The van der Waals surface area contributed by atoms with Gasteiger partial charge >= 0.3 is 0 Å². The molecule has 0 unspecified atom stereocenters. The smallest absolute Gasteiger partial charge is 0.275 e. The second-order valence-electron chi connectivity index (χ2n) is 5.86. The highest BCUT2D eigenvalue weighted by Gasteiger charge is 2.13. The lowest BCUT2D eigenvalue weighted by molar-refractivity contribution is 0.839. The Balaban J connectivity index is 1.72. The Morgan fingerprint density at radius 2 is 2.00 bits per heavy atom. The molecule has 0 bridgehead atoms. The molecule has 1 N–H and O–H groups in total. The lowest BCUT2D eigenvalue weighted by atomic mass is 10.1. The van der Waals surface area contributed by atoms with Gasteiger partial charge in [-0.25, -0.2) is 9.67 Å². The van der Waals surface area contributed by atoms with Gasteiger partial charge in [0.1, 0.15) is 0 Å². The van der Waals surface area contributed by atoms with Crippen LogP contribution in [-0.4, -0.2) is 24.4 Å². The number of benzene rings is 1. The molecule has 0 radical (unpaired) electrons. The Labute approximate surface area is 147 Å². The number of rotatable bonds is 3. The molecule has 0 spiro atoms. The molecule has 3 heterocycles. The third-order valence-electron chi connectivity index (χ3n) is 4.02. The number of aryl methyl sites for hydroxylation is 2. The molecule has 25 heavy (non-hydrogen) atoms. The minimum absolute atomic E-state index is 0.197. The highest BCUT2D eigenvalue weighted by atomic mass is 32.1. The number of nitrogens with one attached hydrogen (secondary N) is 1. The van der Waals surface area contributed by atoms with Gasteiger partial charge in [0.15, 0.2) is 0 Å². The van der Waals surface area contributed by atoms with Gasteiger partial charge in [0.25, 0.3) is 5.56 Å². The van der Waals surface area contributed by atoms with Crippen molar-refractivity contribution in [3.05, 3.63) is 63.8 Å². The van der Waals surface area contributed by atoms with Crippen molar-refractivity contribution in [2.45, 2.75) is 20.8 Å². The van der Waals surface area contributed by atoms with Crippen molar-refractivity contribution < 1.29 is 0 Å². The standard InChI is InChI=1S/C17H16N6OS/c1-10-4-5-11(2)14(8-10)22-12(3)13(9-19-22)20-16-21-23-15(24)6-7-18-17(23)25-16/h4-9H,1-3H3,(H,20,21). The number of fused-ring (bicyclic) bond motifs is 1. The highest BCUT2D eigenvalue weighted by Crippen LogP contribution is 2.26. The average Bonchev–Trinajstić information content (AvgIpc) is 3.15. The monoisotopic (exact) mass is 352 g/mol. The number of hydrogen-bond donors (Lipinski definition) is 1. The van der Waals surface area contributed by atoms with Crippen LogP contribution in [0, 0.1) is 20.8 Å². The van der Waals surface area contributed by atoms with E-state index in [0.717, 1.165) is 22.6 Å². The van der Waals surface area contributed by atoms with Crippen LogP contribution in [0.3, 0.4) is 0 Å². The summed E-state index contributed by atoms with van der Waals surface area (Å²) in [5.41, 5.74) is 4.99. The fourth-order valence-electron chi connectivity index (χ4n) is 2.63. The molecule has 4 aromatic rings. The predicted octanol–water partition coefficient (Wildman–Crippen LogP) is 3.01. The summed E-state index contributed by atoms with van der Waals surface area (Å²) < 4.78 is 3.19. The van der Waals surface area contributed by atoms with E-state index in [4.69, 9.17) is 0 Å². The van der Waals surface area contributed by atoms with Gasteiger partial charge in [0, 0.05) is 12.3 Å². The van der Waals surface area contributed by atoms with Crippen molar-refractivity contribution in [3.8, 4) is 5.69 Å². The van der Waals surface area contributed by atoms with E-state index in [1.807, 2.05) is 11.6 Å². The Bertz CT molecular complexity index is 1140. The quantitative estimate of drug-likeness (QED) is 0.613. The molecule has 3 aromatic heterocycles. The lowest BCUT2D eigenvalue weighted by Crippen LogP contribution is -2.12. The van der Waals surface area contributed by atoms with Crippen LogP contribution in [0.5, 0.6) is 0 Å². The molecule has 0 aliphatic rings. The van der Waals surface area contributed by atoms with Crippen LogP contribution in [0.2, 0.25) is 0 Å². The second-order valence-corrected chi connectivity index (χ2v) is 6.81. The SMILES string of the molecule is Cc1ccc(C)c(-n2ncc(Nc3nn4c(=O)ccnc4s3)c2C)c1. The maximum atomic E-state index is 11.8. The fourth-order valence-corrected chi connectivity index (χ4v) is 3.42. The van der Waals surface area contributed by atoms with E-state index < -0.39 is 0 Å². The van der Waals surface area contributed by atoms with Gasteiger partial charge < -0.3 is 5.32 Å².